The van der Waals surface area contributed by atoms with Gasteiger partial charge < -0.3 is 20.1 Å². The smallest absolute Gasteiger partial charge is 0.311 e. The summed E-state index contributed by atoms with van der Waals surface area (Å²) in [5.74, 6) is -0.613. The molecule has 1 saturated heterocycles. The van der Waals surface area contributed by atoms with E-state index in [0.717, 1.165) is 63.5 Å². The molecule has 0 saturated carbocycles. The second-order valence-corrected chi connectivity index (χ2v) is 9.35. The van der Waals surface area contributed by atoms with Crippen LogP contribution in [0.4, 0.5) is 17.1 Å². The maximum atomic E-state index is 12.6. The van der Waals surface area contributed by atoms with E-state index in [-0.39, 0.29) is 18.3 Å². The van der Waals surface area contributed by atoms with E-state index >= 15 is 0 Å². The van der Waals surface area contributed by atoms with Crippen LogP contribution in [0.5, 0.6) is 5.88 Å². The average molecular weight is 491 g/mol. The average Bonchev–Trinajstić information content (AvgIpc) is 3.41. The van der Waals surface area contributed by atoms with Gasteiger partial charge in [-0.05, 0) is 42.3 Å². The minimum absolute atomic E-state index is 0.223. The Morgan fingerprint density at radius 3 is 2.71 bits per heavy atom. The number of morpholine rings is 1. The molecule has 0 bridgehead atoms. The Morgan fingerprint density at radius 1 is 1.20 bits per heavy atom. The van der Waals surface area contributed by atoms with Gasteiger partial charge in [0.15, 0.2) is 0 Å². The molecule has 3 heterocycles. The van der Waals surface area contributed by atoms with Gasteiger partial charge in [0.1, 0.15) is 6.54 Å². The van der Waals surface area contributed by atoms with Gasteiger partial charge in [-0.2, -0.15) is 0 Å². The summed E-state index contributed by atoms with van der Waals surface area (Å²) in [6.07, 6.45) is 4.35. The van der Waals surface area contributed by atoms with Gasteiger partial charge in [0, 0.05) is 41.8 Å². The number of nitrogens with zero attached hydrogens (tertiary/aromatic N) is 3. The Kier molecular flexibility index (Phi) is 6.52. The molecule has 9 heteroatoms. The number of ether oxygens (including phenoxy) is 1. The number of benzene rings is 2. The number of aromatic hydroxyl groups is 1. The number of amides is 1. The van der Waals surface area contributed by atoms with Crippen molar-refractivity contribution in [3.05, 3.63) is 68.1 Å². The number of rotatable bonds is 6. The molecule has 0 aliphatic carbocycles. The topological polar surface area (TPSA) is 96.2 Å². The largest absolute Gasteiger partial charge is 0.493 e. The SMILES string of the molecule is CCc1cccc2c1N=CC2=Cc1sc(=O)n(CC(=O)Nc2ccc(N3CCOCC3)cc2)c1O. The number of fused-ring (bicyclic) bond motifs is 1. The Bertz CT molecular complexity index is 1360. The van der Waals surface area contributed by atoms with Crippen molar-refractivity contribution in [1.29, 1.82) is 0 Å². The molecular formula is C26H26N4O4S. The molecule has 1 amide bonds. The molecule has 2 N–H and O–H groups in total. The Morgan fingerprint density at radius 2 is 1.97 bits per heavy atom. The van der Waals surface area contributed by atoms with E-state index in [1.807, 2.05) is 42.5 Å². The highest BCUT2D eigenvalue weighted by molar-refractivity contribution is 7.10. The van der Waals surface area contributed by atoms with Gasteiger partial charge in [-0.3, -0.25) is 19.1 Å². The van der Waals surface area contributed by atoms with Gasteiger partial charge in [0.25, 0.3) is 0 Å². The van der Waals surface area contributed by atoms with Crippen molar-refractivity contribution in [2.45, 2.75) is 19.9 Å². The van der Waals surface area contributed by atoms with E-state index in [0.29, 0.717) is 23.8 Å². The quantitative estimate of drug-likeness (QED) is 0.546. The van der Waals surface area contributed by atoms with Crippen molar-refractivity contribution >= 4 is 52.2 Å². The first-order valence-corrected chi connectivity index (χ1v) is 12.4. The van der Waals surface area contributed by atoms with Crippen LogP contribution in [-0.4, -0.2) is 48.1 Å². The number of carbonyl (C=O) groups excluding carboxylic acids is 1. The molecule has 0 spiro atoms. The third-order valence-corrected chi connectivity index (χ3v) is 7.07. The number of para-hydroxylation sites is 1. The maximum Gasteiger partial charge on any atom is 0.311 e. The molecule has 180 valence electrons. The number of nitrogens with one attached hydrogen (secondary N) is 1. The molecule has 0 atom stereocenters. The first-order chi connectivity index (χ1) is 17.0. The highest BCUT2D eigenvalue weighted by atomic mass is 32.1. The van der Waals surface area contributed by atoms with Crippen molar-refractivity contribution < 1.29 is 14.6 Å². The van der Waals surface area contributed by atoms with E-state index in [2.05, 4.69) is 22.1 Å². The van der Waals surface area contributed by atoms with Gasteiger partial charge in [-0.1, -0.05) is 36.5 Å². The number of aromatic nitrogens is 1. The maximum absolute atomic E-state index is 12.6. The van der Waals surface area contributed by atoms with Crippen molar-refractivity contribution in [3.8, 4) is 5.88 Å². The van der Waals surface area contributed by atoms with E-state index in [1.165, 1.54) is 0 Å². The van der Waals surface area contributed by atoms with Crippen LogP contribution in [0.1, 0.15) is 22.9 Å². The summed E-state index contributed by atoms with van der Waals surface area (Å²) in [4.78, 5) is 31.9. The second kappa shape index (κ2) is 9.89. The van der Waals surface area contributed by atoms with Crippen LogP contribution in [0.15, 0.2) is 52.3 Å². The van der Waals surface area contributed by atoms with Crippen molar-refractivity contribution in [2.24, 2.45) is 4.99 Å². The van der Waals surface area contributed by atoms with Gasteiger partial charge in [-0.15, -0.1) is 0 Å². The van der Waals surface area contributed by atoms with Gasteiger partial charge in [-0.25, -0.2) is 0 Å². The number of allylic oxidation sites excluding steroid dienone is 1. The molecule has 2 aliphatic rings. The van der Waals surface area contributed by atoms with E-state index in [4.69, 9.17) is 4.74 Å². The van der Waals surface area contributed by atoms with E-state index in [9.17, 15) is 14.7 Å². The number of carbonyl (C=O) groups is 1. The Hall–Kier alpha value is -3.69. The Balaban J connectivity index is 1.29. The number of hydrogen-bond acceptors (Lipinski definition) is 7. The van der Waals surface area contributed by atoms with Gasteiger partial charge >= 0.3 is 4.87 Å². The first-order valence-electron chi connectivity index (χ1n) is 11.6. The molecule has 8 nitrogen and oxygen atoms in total. The summed E-state index contributed by atoms with van der Waals surface area (Å²) in [6.45, 7) is 4.88. The zero-order valence-electron chi connectivity index (χ0n) is 19.4. The fourth-order valence-corrected chi connectivity index (χ4v) is 5.13. The number of hydrogen-bond donors (Lipinski definition) is 2. The lowest BCUT2D eigenvalue weighted by Crippen LogP contribution is -2.36. The predicted molar refractivity (Wildman–Crippen MR) is 140 cm³/mol. The van der Waals surface area contributed by atoms with Crippen molar-refractivity contribution in [2.75, 3.05) is 36.5 Å². The molecule has 5 rings (SSSR count). The third kappa shape index (κ3) is 4.78. The van der Waals surface area contributed by atoms with Gasteiger partial charge in [0.2, 0.25) is 11.8 Å². The summed E-state index contributed by atoms with van der Waals surface area (Å²) in [7, 11) is 0. The molecule has 3 aromatic rings. The number of thiazole rings is 1. The lowest BCUT2D eigenvalue weighted by molar-refractivity contribution is -0.116. The summed E-state index contributed by atoms with van der Waals surface area (Å²) >= 11 is 0.902. The molecule has 1 fully saturated rings. The molecule has 2 aromatic carbocycles. The van der Waals surface area contributed by atoms with Gasteiger partial charge in [0.05, 0.1) is 23.8 Å². The van der Waals surface area contributed by atoms with Crippen LogP contribution in [-0.2, 0) is 22.5 Å². The third-order valence-electron chi connectivity index (χ3n) is 6.15. The van der Waals surface area contributed by atoms with Crippen molar-refractivity contribution in [1.82, 2.24) is 4.57 Å². The van der Waals surface area contributed by atoms with Crippen LogP contribution < -0.4 is 15.1 Å². The summed E-state index contributed by atoms with van der Waals surface area (Å²) < 4.78 is 6.47. The first kappa shape index (κ1) is 23.1. The molecular weight excluding hydrogens is 464 g/mol. The zero-order valence-corrected chi connectivity index (χ0v) is 20.2. The fraction of sp³-hybridized carbons (Fsp3) is 0.269. The van der Waals surface area contributed by atoms with Crippen LogP contribution in [0, 0.1) is 0 Å². The van der Waals surface area contributed by atoms with Crippen LogP contribution in [0.2, 0.25) is 0 Å². The molecule has 0 radical (unpaired) electrons. The number of anilines is 2. The highest BCUT2D eigenvalue weighted by Gasteiger charge is 2.19. The fourth-order valence-electron chi connectivity index (χ4n) is 4.29. The van der Waals surface area contributed by atoms with Crippen LogP contribution in [0.3, 0.4) is 0 Å². The predicted octanol–water partition coefficient (Wildman–Crippen LogP) is 3.91. The summed E-state index contributed by atoms with van der Waals surface area (Å²) in [5, 5.41) is 13.5. The van der Waals surface area contributed by atoms with E-state index < -0.39 is 4.87 Å². The highest BCUT2D eigenvalue weighted by Crippen LogP contribution is 2.37. The lowest BCUT2D eigenvalue weighted by Gasteiger charge is -2.28. The zero-order chi connectivity index (χ0) is 24.4. The molecule has 1 aromatic heterocycles. The van der Waals surface area contributed by atoms with Crippen LogP contribution >= 0.6 is 11.3 Å². The van der Waals surface area contributed by atoms with Crippen LogP contribution in [0.25, 0.3) is 11.6 Å². The normalized spacial score (nSPS) is 16.0. The summed E-state index contributed by atoms with van der Waals surface area (Å²) in [5.41, 5.74) is 5.55. The number of aryl methyl sites for hydroxylation is 1. The standard InChI is InChI=1S/C26H26N4O4S/c1-2-17-4-3-5-21-18(15-27-24(17)21)14-22-25(32)30(26(33)35-22)16-23(31)28-19-6-8-20(9-7-19)29-10-12-34-13-11-29/h3-9,14-15,32H,2,10-13,16H2,1H3,(H,28,31). The minimum Gasteiger partial charge on any atom is -0.493 e. The molecule has 2 aliphatic heterocycles. The van der Waals surface area contributed by atoms with E-state index in [1.54, 1.807) is 12.3 Å². The Labute approximate surface area is 206 Å². The number of aliphatic imine (C=N–C) groups is 1. The van der Waals surface area contributed by atoms with Crippen molar-refractivity contribution in [3.63, 3.8) is 0 Å². The summed E-state index contributed by atoms with van der Waals surface area (Å²) in [6, 6.07) is 13.6. The minimum atomic E-state index is -0.398. The lowest BCUT2D eigenvalue weighted by atomic mass is 10.0. The molecule has 0 unspecified atom stereocenters. The molecule has 35 heavy (non-hydrogen) atoms. The second-order valence-electron chi connectivity index (χ2n) is 8.36. The monoisotopic (exact) mass is 490 g/mol.